The predicted molar refractivity (Wildman–Crippen MR) is 66.4 cm³/mol. The minimum atomic E-state index is -0.751. The Balaban J connectivity index is 2.49. The molecule has 1 rings (SSSR count). The predicted octanol–water partition coefficient (Wildman–Crippen LogP) is 1.91. The van der Waals surface area contributed by atoms with Crippen LogP contribution in [0.25, 0.3) is 0 Å². The Hall–Kier alpha value is -1.72. The van der Waals surface area contributed by atoms with E-state index in [0.29, 0.717) is 15.8 Å². The third-order valence-corrected chi connectivity index (χ3v) is 2.18. The smallest absolute Gasteiger partial charge is 0.334 e. The van der Waals surface area contributed by atoms with Crippen LogP contribution in [0.3, 0.4) is 0 Å². The Kier molecular flexibility index (Phi) is 5.48. The molecule has 0 aromatic heterocycles. The van der Waals surface area contributed by atoms with Crippen LogP contribution in [0.15, 0.2) is 30.5 Å². The van der Waals surface area contributed by atoms with E-state index in [1.165, 1.54) is 6.07 Å². The van der Waals surface area contributed by atoms with Crippen LogP contribution in [0.5, 0.6) is 5.75 Å². The lowest BCUT2D eigenvalue weighted by atomic mass is 10.3. The number of esters is 1. The lowest BCUT2D eigenvalue weighted by Gasteiger charge is -2.02. The number of carbonyl (C=O) groups is 2. The van der Waals surface area contributed by atoms with E-state index in [9.17, 15) is 9.59 Å². The molecule has 96 valence electrons. The van der Waals surface area contributed by atoms with Crippen molar-refractivity contribution in [3.8, 4) is 5.75 Å². The molecule has 1 amide bonds. The van der Waals surface area contributed by atoms with Crippen molar-refractivity contribution in [2.45, 2.75) is 0 Å². The third kappa shape index (κ3) is 5.07. The lowest BCUT2D eigenvalue weighted by Crippen LogP contribution is -2.20. The van der Waals surface area contributed by atoms with Crippen LogP contribution >= 0.6 is 23.2 Å². The van der Waals surface area contributed by atoms with Gasteiger partial charge in [-0.05, 0) is 18.2 Å². The molecule has 5 nitrogen and oxygen atoms in total. The highest BCUT2D eigenvalue weighted by atomic mass is 35.5. The fourth-order valence-corrected chi connectivity index (χ4v) is 1.38. The van der Waals surface area contributed by atoms with Crippen LogP contribution in [0, 0.1) is 0 Å². The molecule has 0 aliphatic heterocycles. The zero-order chi connectivity index (χ0) is 13.5. The molecular formula is C11H9Cl2NO4. The highest BCUT2D eigenvalue weighted by molar-refractivity contribution is 6.35. The Morgan fingerprint density at radius 2 is 2.06 bits per heavy atom. The van der Waals surface area contributed by atoms with E-state index in [-0.39, 0.29) is 0 Å². The molecule has 0 radical (unpaired) electrons. The van der Waals surface area contributed by atoms with Crippen LogP contribution in [-0.2, 0) is 14.3 Å². The molecule has 0 saturated carbocycles. The van der Waals surface area contributed by atoms with E-state index in [4.69, 9.17) is 33.7 Å². The number of hydrogen-bond donors (Lipinski definition) is 1. The molecule has 0 aliphatic carbocycles. The lowest BCUT2D eigenvalue weighted by molar-refractivity contribution is -0.142. The van der Waals surface area contributed by atoms with Gasteiger partial charge in [0.1, 0.15) is 5.75 Å². The molecule has 0 saturated heterocycles. The maximum atomic E-state index is 11.0. The van der Waals surface area contributed by atoms with Crippen LogP contribution in [0.1, 0.15) is 0 Å². The van der Waals surface area contributed by atoms with E-state index in [1.807, 2.05) is 0 Å². The standard InChI is InChI=1S/C11H9Cl2NO4/c12-7-1-2-9(8(13)5-7)17-4-3-11(16)18-6-10(14)15/h1-5H,6H2,(H2,14,15)/b4-3+. The largest absolute Gasteiger partial charge is 0.463 e. The molecule has 0 bridgehead atoms. The van der Waals surface area contributed by atoms with Gasteiger partial charge in [-0.25, -0.2) is 4.79 Å². The molecular weight excluding hydrogens is 281 g/mol. The summed E-state index contributed by atoms with van der Waals surface area (Å²) in [6.45, 7) is -0.481. The monoisotopic (exact) mass is 289 g/mol. The van der Waals surface area contributed by atoms with Crippen molar-refractivity contribution in [3.05, 3.63) is 40.6 Å². The van der Waals surface area contributed by atoms with Crippen LogP contribution in [0.2, 0.25) is 10.0 Å². The first kappa shape index (κ1) is 14.3. The highest BCUT2D eigenvalue weighted by Gasteiger charge is 2.02. The number of primary amides is 1. The Morgan fingerprint density at radius 1 is 1.33 bits per heavy atom. The second kappa shape index (κ2) is 6.88. The summed E-state index contributed by atoms with van der Waals surface area (Å²) in [6.07, 6.45) is 2.08. The van der Waals surface area contributed by atoms with Crippen LogP contribution in [-0.4, -0.2) is 18.5 Å². The van der Waals surface area contributed by atoms with Gasteiger partial charge in [-0.1, -0.05) is 23.2 Å². The van der Waals surface area contributed by atoms with Crippen molar-refractivity contribution in [1.29, 1.82) is 0 Å². The molecule has 0 unspecified atom stereocenters. The van der Waals surface area contributed by atoms with Crippen molar-refractivity contribution < 1.29 is 19.1 Å². The zero-order valence-electron chi connectivity index (χ0n) is 9.06. The summed E-state index contributed by atoms with van der Waals surface area (Å²) in [4.78, 5) is 21.4. The van der Waals surface area contributed by atoms with E-state index >= 15 is 0 Å². The Labute approximate surface area is 113 Å². The molecule has 0 spiro atoms. The first-order chi connectivity index (χ1) is 8.49. The maximum Gasteiger partial charge on any atom is 0.334 e. The van der Waals surface area contributed by atoms with E-state index in [2.05, 4.69) is 4.74 Å². The molecule has 0 heterocycles. The minimum Gasteiger partial charge on any atom is -0.463 e. The molecule has 1 aromatic carbocycles. The van der Waals surface area contributed by atoms with E-state index in [1.54, 1.807) is 12.1 Å². The van der Waals surface area contributed by atoms with Gasteiger partial charge in [0.05, 0.1) is 17.4 Å². The number of halogens is 2. The summed E-state index contributed by atoms with van der Waals surface area (Å²) >= 11 is 11.5. The van der Waals surface area contributed by atoms with Gasteiger partial charge in [-0.15, -0.1) is 0 Å². The first-order valence-electron chi connectivity index (χ1n) is 4.72. The number of carbonyl (C=O) groups excluding carboxylic acids is 2. The van der Waals surface area contributed by atoms with Crippen molar-refractivity contribution >= 4 is 35.1 Å². The van der Waals surface area contributed by atoms with Gasteiger partial charge in [0.15, 0.2) is 6.61 Å². The average molecular weight is 290 g/mol. The van der Waals surface area contributed by atoms with Crippen molar-refractivity contribution in [1.82, 2.24) is 0 Å². The van der Waals surface area contributed by atoms with E-state index in [0.717, 1.165) is 12.3 Å². The number of ether oxygens (including phenoxy) is 2. The Morgan fingerprint density at radius 3 is 2.67 bits per heavy atom. The molecule has 0 atom stereocenters. The summed E-state index contributed by atoms with van der Waals surface area (Å²) in [5.74, 6) is -1.16. The van der Waals surface area contributed by atoms with E-state index < -0.39 is 18.5 Å². The summed E-state index contributed by atoms with van der Waals surface area (Å²) in [5.41, 5.74) is 4.79. The number of amides is 1. The summed E-state index contributed by atoms with van der Waals surface area (Å²) in [5, 5.41) is 0.773. The first-order valence-corrected chi connectivity index (χ1v) is 5.48. The SMILES string of the molecule is NC(=O)COC(=O)/C=C/Oc1ccc(Cl)cc1Cl. The quantitative estimate of drug-likeness (QED) is 0.510. The molecule has 0 fully saturated rings. The summed E-state index contributed by atoms with van der Waals surface area (Å²) in [7, 11) is 0. The average Bonchev–Trinajstić information content (AvgIpc) is 2.29. The molecule has 2 N–H and O–H groups in total. The second-order valence-electron chi connectivity index (χ2n) is 3.07. The van der Waals surface area contributed by atoms with Gasteiger partial charge in [0.25, 0.3) is 5.91 Å². The molecule has 1 aromatic rings. The topological polar surface area (TPSA) is 78.6 Å². The van der Waals surface area contributed by atoms with Gasteiger partial charge in [0, 0.05) is 5.02 Å². The molecule has 0 aliphatic rings. The summed E-state index contributed by atoms with van der Waals surface area (Å²) in [6, 6.07) is 4.63. The van der Waals surface area contributed by atoms with Gasteiger partial charge in [-0.3, -0.25) is 4.79 Å². The van der Waals surface area contributed by atoms with Crippen molar-refractivity contribution in [3.63, 3.8) is 0 Å². The van der Waals surface area contributed by atoms with Crippen LogP contribution in [0.4, 0.5) is 0 Å². The third-order valence-electron chi connectivity index (χ3n) is 1.65. The van der Waals surface area contributed by atoms with Crippen molar-refractivity contribution in [2.24, 2.45) is 5.73 Å². The number of nitrogens with two attached hydrogens (primary N) is 1. The number of rotatable bonds is 5. The van der Waals surface area contributed by atoms with Gasteiger partial charge in [-0.2, -0.15) is 0 Å². The minimum absolute atomic E-state index is 0.303. The normalized spacial score (nSPS) is 10.3. The van der Waals surface area contributed by atoms with Gasteiger partial charge in [0.2, 0.25) is 0 Å². The molecule has 7 heteroatoms. The van der Waals surface area contributed by atoms with Gasteiger partial charge < -0.3 is 15.2 Å². The van der Waals surface area contributed by atoms with Crippen molar-refractivity contribution in [2.75, 3.05) is 6.61 Å². The fraction of sp³-hybridized carbons (Fsp3) is 0.0909. The number of benzene rings is 1. The second-order valence-corrected chi connectivity index (χ2v) is 3.91. The zero-order valence-corrected chi connectivity index (χ0v) is 10.6. The maximum absolute atomic E-state index is 11.0. The van der Waals surface area contributed by atoms with Gasteiger partial charge >= 0.3 is 5.97 Å². The Bertz CT molecular complexity index is 488. The number of hydrogen-bond acceptors (Lipinski definition) is 4. The highest BCUT2D eigenvalue weighted by Crippen LogP contribution is 2.27. The van der Waals surface area contributed by atoms with Crippen LogP contribution < -0.4 is 10.5 Å². The fourth-order valence-electron chi connectivity index (χ4n) is 0.924. The summed E-state index contributed by atoms with van der Waals surface area (Å²) < 4.78 is 9.54. The molecule has 18 heavy (non-hydrogen) atoms.